The second kappa shape index (κ2) is 7.76. The molecule has 0 spiro atoms. The third-order valence-corrected chi connectivity index (χ3v) is 4.06. The molecule has 20 heavy (non-hydrogen) atoms. The van der Waals surface area contributed by atoms with Crippen molar-refractivity contribution in [3.63, 3.8) is 0 Å². The minimum Gasteiger partial charge on any atom is -0.330 e. The zero-order valence-electron chi connectivity index (χ0n) is 13.0. The van der Waals surface area contributed by atoms with E-state index < -0.39 is 0 Å². The second-order valence-electron chi connectivity index (χ2n) is 5.71. The quantitative estimate of drug-likeness (QED) is 0.759. The van der Waals surface area contributed by atoms with E-state index in [0.29, 0.717) is 0 Å². The molecule has 1 saturated heterocycles. The molecule has 2 N–H and O–H groups in total. The first-order valence-electron chi connectivity index (χ1n) is 7.91. The second-order valence-corrected chi connectivity index (χ2v) is 5.71. The van der Waals surface area contributed by atoms with Crippen LogP contribution in [0.4, 0.5) is 0 Å². The molecule has 5 nitrogen and oxygen atoms in total. The number of hydrogen-bond donors (Lipinski definition) is 1. The molecular weight excluding hydrogens is 250 g/mol. The standard InChI is InChI=1S/C15H29N5/c1-3-20-15(12-14(2)17-20)13-19-10-8-18(9-11-19)7-5-4-6-16/h12H,3-11,13,16H2,1-2H3. The molecule has 2 rings (SSSR count). The maximum atomic E-state index is 5.55. The van der Waals surface area contributed by atoms with Gasteiger partial charge in [-0.2, -0.15) is 5.10 Å². The van der Waals surface area contributed by atoms with Gasteiger partial charge in [0.25, 0.3) is 0 Å². The Balaban J connectivity index is 1.76. The number of aromatic nitrogens is 2. The molecule has 1 aromatic heterocycles. The summed E-state index contributed by atoms with van der Waals surface area (Å²) in [6.45, 7) is 12.9. The molecule has 1 fully saturated rings. The lowest BCUT2D eigenvalue weighted by Gasteiger charge is -2.34. The average Bonchev–Trinajstić information content (AvgIpc) is 2.81. The molecule has 0 bridgehead atoms. The van der Waals surface area contributed by atoms with Crippen LogP contribution in [-0.2, 0) is 13.1 Å². The van der Waals surface area contributed by atoms with Crippen molar-refractivity contribution < 1.29 is 0 Å². The molecule has 0 amide bonds. The van der Waals surface area contributed by atoms with Crippen molar-refractivity contribution in [1.82, 2.24) is 19.6 Å². The Bertz CT molecular complexity index is 393. The van der Waals surface area contributed by atoms with Crippen LogP contribution in [0, 0.1) is 6.92 Å². The van der Waals surface area contributed by atoms with Gasteiger partial charge >= 0.3 is 0 Å². The molecule has 0 radical (unpaired) electrons. The number of hydrogen-bond acceptors (Lipinski definition) is 4. The van der Waals surface area contributed by atoms with Gasteiger partial charge in [-0.25, -0.2) is 0 Å². The first kappa shape index (κ1) is 15.5. The number of nitrogens with zero attached hydrogens (tertiary/aromatic N) is 4. The highest BCUT2D eigenvalue weighted by Crippen LogP contribution is 2.11. The van der Waals surface area contributed by atoms with Crippen LogP contribution in [0.2, 0.25) is 0 Å². The smallest absolute Gasteiger partial charge is 0.0597 e. The predicted octanol–water partition coefficient (Wildman–Crippen LogP) is 1.07. The first-order valence-corrected chi connectivity index (χ1v) is 7.91. The van der Waals surface area contributed by atoms with Crippen molar-refractivity contribution in [2.75, 3.05) is 39.3 Å². The first-order chi connectivity index (χ1) is 9.72. The molecule has 0 saturated carbocycles. The summed E-state index contributed by atoms with van der Waals surface area (Å²) in [6, 6.07) is 2.22. The van der Waals surface area contributed by atoms with Crippen LogP contribution in [-0.4, -0.2) is 58.8 Å². The number of unbranched alkanes of at least 4 members (excludes halogenated alkanes) is 1. The van der Waals surface area contributed by atoms with Gasteiger partial charge in [-0.05, 0) is 45.8 Å². The molecule has 0 unspecified atom stereocenters. The summed E-state index contributed by atoms with van der Waals surface area (Å²) in [5.41, 5.74) is 8.02. The molecule has 1 aromatic rings. The van der Waals surface area contributed by atoms with Crippen molar-refractivity contribution in [2.45, 2.75) is 39.8 Å². The maximum Gasteiger partial charge on any atom is 0.0597 e. The molecule has 1 aliphatic rings. The SMILES string of the molecule is CCn1nc(C)cc1CN1CCN(CCCCN)CC1. The van der Waals surface area contributed by atoms with Crippen LogP contribution in [0.1, 0.15) is 31.2 Å². The Morgan fingerprint density at radius 1 is 1.15 bits per heavy atom. The van der Waals surface area contributed by atoms with Gasteiger partial charge in [0, 0.05) is 39.3 Å². The normalized spacial score (nSPS) is 17.8. The van der Waals surface area contributed by atoms with Gasteiger partial charge in [-0.1, -0.05) is 0 Å². The molecule has 2 heterocycles. The largest absolute Gasteiger partial charge is 0.330 e. The molecule has 0 atom stereocenters. The lowest BCUT2D eigenvalue weighted by atomic mass is 10.2. The van der Waals surface area contributed by atoms with E-state index in [-0.39, 0.29) is 0 Å². The van der Waals surface area contributed by atoms with Crippen molar-refractivity contribution in [3.8, 4) is 0 Å². The lowest BCUT2D eigenvalue weighted by molar-refractivity contribution is 0.123. The van der Waals surface area contributed by atoms with Crippen LogP contribution < -0.4 is 5.73 Å². The summed E-state index contributed by atoms with van der Waals surface area (Å²) in [6.07, 6.45) is 2.38. The van der Waals surface area contributed by atoms with Crippen molar-refractivity contribution in [3.05, 3.63) is 17.5 Å². The van der Waals surface area contributed by atoms with E-state index >= 15 is 0 Å². The van der Waals surface area contributed by atoms with Crippen LogP contribution in [0.3, 0.4) is 0 Å². The van der Waals surface area contributed by atoms with Gasteiger partial charge in [-0.15, -0.1) is 0 Å². The fourth-order valence-corrected chi connectivity index (χ4v) is 2.88. The Kier molecular flexibility index (Phi) is 6.01. The Hall–Kier alpha value is -0.910. The fourth-order valence-electron chi connectivity index (χ4n) is 2.88. The average molecular weight is 279 g/mol. The number of nitrogens with two attached hydrogens (primary N) is 1. The van der Waals surface area contributed by atoms with Crippen LogP contribution >= 0.6 is 0 Å². The van der Waals surface area contributed by atoms with Crippen molar-refractivity contribution in [2.24, 2.45) is 5.73 Å². The van der Waals surface area contributed by atoms with Crippen molar-refractivity contribution in [1.29, 1.82) is 0 Å². The molecule has 1 aliphatic heterocycles. The molecule has 0 aromatic carbocycles. The zero-order chi connectivity index (χ0) is 14.4. The van der Waals surface area contributed by atoms with Crippen LogP contribution in [0.25, 0.3) is 0 Å². The van der Waals surface area contributed by atoms with E-state index in [4.69, 9.17) is 5.73 Å². The monoisotopic (exact) mass is 279 g/mol. The zero-order valence-corrected chi connectivity index (χ0v) is 13.0. The highest BCUT2D eigenvalue weighted by atomic mass is 15.3. The minimum atomic E-state index is 0.820. The van der Waals surface area contributed by atoms with Gasteiger partial charge in [0.15, 0.2) is 0 Å². The number of piperazine rings is 1. The third-order valence-electron chi connectivity index (χ3n) is 4.06. The summed E-state index contributed by atoms with van der Waals surface area (Å²) < 4.78 is 2.13. The topological polar surface area (TPSA) is 50.3 Å². The highest BCUT2D eigenvalue weighted by Gasteiger charge is 2.17. The summed E-state index contributed by atoms with van der Waals surface area (Å²) in [7, 11) is 0. The Morgan fingerprint density at radius 3 is 2.50 bits per heavy atom. The minimum absolute atomic E-state index is 0.820. The van der Waals surface area contributed by atoms with E-state index in [2.05, 4.69) is 39.5 Å². The Labute approximate surface area is 122 Å². The van der Waals surface area contributed by atoms with Gasteiger partial charge in [0.1, 0.15) is 0 Å². The molecule has 0 aliphatic carbocycles. The number of rotatable bonds is 7. The lowest BCUT2D eigenvalue weighted by Crippen LogP contribution is -2.46. The third kappa shape index (κ3) is 4.30. The van der Waals surface area contributed by atoms with Gasteiger partial charge in [0.2, 0.25) is 0 Å². The fraction of sp³-hybridized carbons (Fsp3) is 0.800. The van der Waals surface area contributed by atoms with Crippen LogP contribution in [0.15, 0.2) is 6.07 Å². The van der Waals surface area contributed by atoms with E-state index in [1.807, 2.05) is 0 Å². The molecule has 5 heteroatoms. The van der Waals surface area contributed by atoms with E-state index in [9.17, 15) is 0 Å². The van der Waals surface area contributed by atoms with E-state index in [1.54, 1.807) is 0 Å². The molecular formula is C15H29N5. The van der Waals surface area contributed by atoms with Crippen LogP contribution in [0.5, 0.6) is 0 Å². The van der Waals surface area contributed by atoms with E-state index in [1.165, 1.54) is 31.7 Å². The maximum absolute atomic E-state index is 5.55. The highest BCUT2D eigenvalue weighted by molar-refractivity contribution is 5.09. The summed E-state index contributed by atoms with van der Waals surface area (Å²) in [4.78, 5) is 5.11. The van der Waals surface area contributed by atoms with Gasteiger partial charge < -0.3 is 10.6 Å². The summed E-state index contributed by atoms with van der Waals surface area (Å²) in [5.74, 6) is 0. The Morgan fingerprint density at radius 2 is 1.85 bits per heavy atom. The predicted molar refractivity (Wildman–Crippen MR) is 82.6 cm³/mol. The van der Waals surface area contributed by atoms with Gasteiger partial charge in [-0.3, -0.25) is 9.58 Å². The van der Waals surface area contributed by atoms with Crippen molar-refractivity contribution >= 4 is 0 Å². The van der Waals surface area contributed by atoms with Gasteiger partial charge in [0.05, 0.1) is 11.4 Å². The molecule has 114 valence electrons. The van der Waals surface area contributed by atoms with E-state index in [0.717, 1.165) is 44.8 Å². The number of aryl methyl sites for hydroxylation is 2. The summed E-state index contributed by atoms with van der Waals surface area (Å²) in [5, 5.41) is 4.53. The summed E-state index contributed by atoms with van der Waals surface area (Å²) >= 11 is 0.